The number of β-amino-alcohol motifs (C(OH)–C–C–N with tert-alkyl or cyclic N) is 1. The molecule has 1 fully saturated rings. The summed E-state index contributed by atoms with van der Waals surface area (Å²) < 4.78 is 0. The van der Waals surface area contributed by atoms with Gasteiger partial charge in [0.2, 0.25) is 0 Å². The summed E-state index contributed by atoms with van der Waals surface area (Å²) in [5.74, 6) is -0.615. The Bertz CT molecular complexity index is 228. The van der Waals surface area contributed by atoms with Gasteiger partial charge in [-0.25, -0.2) is 0 Å². The molecule has 1 atom stereocenters. The summed E-state index contributed by atoms with van der Waals surface area (Å²) in [7, 11) is 0. The van der Waals surface area contributed by atoms with Gasteiger partial charge in [-0.3, -0.25) is 9.69 Å². The minimum atomic E-state index is -1.30. The van der Waals surface area contributed by atoms with Gasteiger partial charge >= 0.3 is 0 Å². The molecule has 0 spiro atoms. The van der Waals surface area contributed by atoms with E-state index < -0.39 is 11.5 Å². The van der Waals surface area contributed by atoms with Gasteiger partial charge in [-0.1, -0.05) is 12.2 Å². The average molecular weight is 184 g/mol. The number of aliphatic hydroxyl groups is 1. The van der Waals surface area contributed by atoms with Crippen molar-refractivity contribution in [2.75, 3.05) is 19.6 Å². The van der Waals surface area contributed by atoms with Crippen LogP contribution in [0.2, 0.25) is 0 Å². The summed E-state index contributed by atoms with van der Waals surface area (Å²) in [6, 6.07) is 0. The fraction of sp³-hybridized carbons (Fsp3) is 0.667. The Hall–Kier alpha value is -0.870. The first-order valence-electron chi connectivity index (χ1n) is 4.44. The van der Waals surface area contributed by atoms with Crippen LogP contribution >= 0.6 is 0 Å². The highest BCUT2D eigenvalue weighted by Gasteiger charge is 2.40. The number of amides is 1. The highest BCUT2D eigenvalue weighted by molar-refractivity contribution is 5.83. The number of likely N-dealkylation sites (tertiary alicyclic amines) is 1. The summed E-state index contributed by atoms with van der Waals surface area (Å²) in [4.78, 5) is 12.9. The Balaban J connectivity index is 2.48. The maximum absolute atomic E-state index is 10.9. The number of nitrogens with zero attached hydrogens (tertiary/aromatic N) is 1. The molecule has 0 radical (unpaired) electrons. The molecule has 1 rings (SSSR count). The predicted octanol–water partition coefficient (Wildman–Crippen LogP) is -0.515. The summed E-state index contributed by atoms with van der Waals surface area (Å²) >= 11 is 0. The third-order valence-electron chi connectivity index (χ3n) is 2.38. The highest BCUT2D eigenvalue weighted by atomic mass is 16.3. The lowest BCUT2D eigenvalue weighted by atomic mass is 10.0. The molecular formula is C9H16N2O2. The highest BCUT2D eigenvalue weighted by Crippen LogP contribution is 2.20. The minimum absolute atomic E-state index is 0.354. The first-order chi connectivity index (χ1) is 6.08. The van der Waals surface area contributed by atoms with Gasteiger partial charge < -0.3 is 10.8 Å². The van der Waals surface area contributed by atoms with Gasteiger partial charge in [-0.2, -0.15) is 0 Å². The molecule has 0 aliphatic carbocycles. The summed E-state index contributed by atoms with van der Waals surface area (Å²) in [5.41, 5.74) is 3.79. The zero-order chi connectivity index (χ0) is 9.90. The molecule has 1 amide bonds. The molecule has 0 aromatic rings. The molecule has 1 aliphatic heterocycles. The molecule has 3 N–H and O–H groups in total. The maximum atomic E-state index is 10.9. The van der Waals surface area contributed by atoms with E-state index in [4.69, 9.17) is 5.73 Å². The van der Waals surface area contributed by atoms with Crippen LogP contribution in [0.5, 0.6) is 0 Å². The SMILES string of the molecule is C/C=C/CN1CCC(O)(C(N)=O)C1. The number of carbonyl (C=O) groups excluding carboxylic acids is 1. The van der Waals surface area contributed by atoms with E-state index >= 15 is 0 Å². The van der Waals surface area contributed by atoms with E-state index in [0.717, 1.165) is 13.1 Å². The second kappa shape index (κ2) is 3.89. The van der Waals surface area contributed by atoms with E-state index in [1.165, 1.54) is 0 Å². The van der Waals surface area contributed by atoms with Gasteiger partial charge in [-0.05, 0) is 13.3 Å². The Morgan fingerprint density at radius 1 is 1.77 bits per heavy atom. The molecule has 1 unspecified atom stereocenters. The van der Waals surface area contributed by atoms with Crippen LogP contribution in [0, 0.1) is 0 Å². The van der Waals surface area contributed by atoms with Crippen molar-refractivity contribution >= 4 is 5.91 Å². The Morgan fingerprint density at radius 2 is 2.46 bits per heavy atom. The Labute approximate surface area is 78.0 Å². The second-order valence-electron chi connectivity index (χ2n) is 3.45. The van der Waals surface area contributed by atoms with E-state index in [1.54, 1.807) is 0 Å². The lowest BCUT2D eigenvalue weighted by Crippen LogP contribution is -2.46. The first-order valence-corrected chi connectivity index (χ1v) is 4.44. The van der Waals surface area contributed by atoms with E-state index in [-0.39, 0.29) is 0 Å². The van der Waals surface area contributed by atoms with E-state index in [0.29, 0.717) is 13.0 Å². The maximum Gasteiger partial charge on any atom is 0.250 e. The number of hydrogen-bond donors (Lipinski definition) is 2. The standard InChI is InChI=1S/C9H16N2O2/c1-2-3-5-11-6-4-9(13,7-11)8(10)12/h2-3,13H,4-7H2,1H3,(H2,10,12)/b3-2+. The molecule has 1 heterocycles. The van der Waals surface area contributed by atoms with Crippen molar-refractivity contribution in [3.8, 4) is 0 Å². The van der Waals surface area contributed by atoms with Crippen molar-refractivity contribution in [1.82, 2.24) is 4.90 Å². The summed E-state index contributed by atoms with van der Waals surface area (Å²) in [5, 5.41) is 9.70. The zero-order valence-corrected chi connectivity index (χ0v) is 7.86. The monoisotopic (exact) mass is 184 g/mol. The lowest BCUT2D eigenvalue weighted by Gasteiger charge is -2.18. The fourth-order valence-electron chi connectivity index (χ4n) is 1.48. The number of allylic oxidation sites excluding steroid dienone is 1. The predicted molar refractivity (Wildman–Crippen MR) is 50.0 cm³/mol. The van der Waals surface area contributed by atoms with Crippen LogP contribution in [0.15, 0.2) is 12.2 Å². The van der Waals surface area contributed by atoms with Crippen molar-refractivity contribution in [2.45, 2.75) is 18.9 Å². The van der Waals surface area contributed by atoms with Crippen LogP contribution in [0.1, 0.15) is 13.3 Å². The van der Waals surface area contributed by atoms with Crippen molar-refractivity contribution < 1.29 is 9.90 Å². The van der Waals surface area contributed by atoms with Crippen LogP contribution in [0.3, 0.4) is 0 Å². The molecule has 74 valence electrons. The fourth-order valence-corrected chi connectivity index (χ4v) is 1.48. The quantitative estimate of drug-likeness (QED) is 0.580. The van der Waals surface area contributed by atoms with Crippen LogP contribution in [-0.2, 0) is 4.79 Å². The molecule has 1 saturated heterocycles. The molecule has 0 saturated carbocycles. The van der Waals surface area contributed by atoms with Gasteiger partial charge in [-0.15, -0.1) is 0 Å². The third kappa shape index (κ3) is 2.29. The normalized spacial score (nSPS) is 30.0. The average Bonchev–Trinajstić information content (AvgIpc) is 2.45. The van der Waals surface area contributed by atoms with E-state index in [9.17, 15) is 9.90 Å². The lowest BCUT2D eigenvalue weighted by molar-refractivity contribution is -0.134. The number of primary amides is 1. The van der Waals surface area contributed by atoms with Gasteiger partial charge in [0, 0.05) is 19.6 Å². The van der Waals surface area contributed by atoms with Crippen molar-refractivity contribution in [1.29, 1.82) is 0 Å². The number of rotatable bonds is 3. The molecule has 4 heteroatoms. The molecule has 13 heavy (non-hydrogen) atoms. The number of nitrogens with two attached hydrogens (primary N) is 1. The van der Waals surface area contributed by atoms with Crippen molar-refractivity contribution in [2.24, 2.45) is 5.73 Å². The Kier molecular flexibility index (Phi) is 3.06. The van der Waals surface area contributed by atoms with Crippen LogP contribution in [-0.4, -0.2) is 41.1 Å². The van der Waals surface area contributed by atoms with Gasteiger partial charge in [0.25, 0.3) is 5.91 Å². The molecular weight excluding hydrogens is 168 g/mol. The molecule has 1 aliphatic rings. The second-order valence-corrected chi connectivity index (χ2v) is 3.45. The van der Waals surface area contributed by atoms with Crippen LogP contribution in [0.25, 0.3) is 0 Å². The molecule has 0 aromatic heterocycles. The van der Waals surface area contributed by atoms with Gasteiger partial charge in [0.05, 0.1) is 0 Å². The van der Waals surface area contributed by atoms with E-state index in [2.05, 4.69) is 0 Å². The first kappa shape index (κ1) is 10.2. The van der Waals surface area contributed by atoms with Crippen LogP contribution < -0.4 is 5.73 Å². The van der Waals surface area contributed by atoms with Gasteiger partial charge in [0.15, 0.2) is 5.60 Å². The van der Waals surface area contributed by atoms with Crippen molar-refractivity contribution in [3.05, 3.63) is 12.2 Å². The zero-order valence-electron chi connectivity index (χ0n) is 7.86. The number of hydrogen-bond acceptors (Lipinski definition) is 3. The van der Waals surface area contributed by atoms with Crippen LogP contribution in [0.4, 0.5) is 0 Å². The Morgan fingerprint density at radius 3 is 2.92 bits per heavy atom. The number of carbonyl (C=O) groups is 1. The molecule has 0 bridgehead atoms. The molecule has 0 aromatic carbocycles. The summed E-state index contributed by atoms with van der Waals surface area (Å²) in [6.45, 7) is 3.79. The van der Waals surface area contributed by atoms with Gasteiger partial charge in [0.1, 0.15) is 0 Å². The van der Waals surface area contributed by atoms with Crippen molar-refractivity contribution in [3.63, 3.8) is 0 Å². The third-order valence-corrected chi connectivity index (χ3v) is 2.38. The topological polar surface area (TPSA) is 66.6 Å². The molecule has 4 nitrogen and oxygen atoms in total. The largest absolute Gasteiger partial charge is 0.379 e. The smallest absolute Gasteiger partial charge is 0.250 e. The summed E-state index contributed by atoms with van der Waals surface area (Å²) in [6.07, 6.45) is 4.38. The minimum Gasteiger partial charge on any atom is -0.379 e. The van der Waals surface area contributed by atoms with E-state index in [1.807, 2.05) is 24.0 Å².